The quantitative estimate of drug-likeness (QED) is 0.363. The number of aromatic nitrogens is 2. The number of amides is 1. The second-order valence-electron chi connectivity index (χ2n) is 8.09. The first kappa shape index (κ1) is 23.7. The smallest absolute Gasteiger partial charge is 0.271 e. The highest BCUT2D eigenvalue weighted by atomic mass is 32.2. The molecule has 2 N–H and O–H groups in total. The first-order valence-electron chi connectivity index (χ1n) is 10.8. The van der Waals surface area contributed by atoms with Gasteiger partial charge in [0.1, 0.15) is 4.21 Å². The van der Waals surface area contributed by atoms with Crippen molar-refractivity contribution in [1.82, 2.24) is 15.1 Å². The lowest BCUT2D eigenvalue weighted by Crippen LogP contribution is -2.24. The number of rotatable bonds is 9. The van der Waals surface area contributed by atoms with Gasteiger partial charge in [-0.3, -0.25) is 14.2 Å². The Bertz CT molecular complexity index is 1380. The minimum absolute atomic E-state index is 0.101. The molecule has 0 aliphatic heterocycles. The van der Waals surface area contributed by atoms with Crippen LogP contribution >= 0.6 is 11.3 Å². The monoisotopic (exact) mass is 494 g/mol. The van der Waals surface area contributed by atoms with Gasteiger partial charge in [0.2, 0.25) is 5.91 Å². The van der Waals surface area contributed by atoms with Crippen molar-refractivity contribution in [2.75, 3.05) is 4.72 Å². The van der Waals surface area contributed by atoms with Gasteiger partial charge in [-0.2, -0.15) is 5.10 Å². The fraction of sp³-hybridized carbons (Fsp3) is 0.200. The number of aryl methyl sites for hydroxylation is 2. The fourth-order valence-electron chi connectivity index (χ4n) is 3.61. The molecule has 176 valence electrons. The highest BCUT2D eigenvalue weighted by Crippen LogP contribution is 2.20. The zero-order valence-corrected chi connectivity index (χ0v) is 20.6. The molecule has 0 saturated carbocycles. The van der Waals surface area contributed by atoms with E-state index in [1.54, 1.807) is 41.8 Å². The number of hydrogen-bond acceptors (Lipinski definition) is 5. The summed E-state index contributed by atoms with van der Waals surface area (Å²) in [5.41, 5.74) is 5.51. The van der Waals surface area contributed by atoms with E-state index >= 15 is 0 Å². The van der Waals surface area contributed by atoms with E-state index in [1.165, 1.54) is 0 Å². The molecule has 34 heavy (non-hydrogen) atoms. The molecule has 1 amide bonds. The van der Waals surface area contributed by atoms with E-state index in [0.717, 1.165) is 39.4 Å². The predicted molar refractivity (Wildman–Crippen MR) is 134 cm³/mol. The number of carbonyl (C=O) groups excluding carboxylic acids is 1. The number of hydrogen-bond donors (Lipinski definition) is 2. The fourth-order valence-corrected chi connectivity index (χ4v) is 5.66. The number of nitrogens with zero attached hydrogens (tertiary/aromatic N) is 2. The molecular formula is C25H26N4O3S2. The van der Waals surface area contributed by atoms with E-state index in [1.807, 2.05) is 30.7 Å². The first-order valence-corrected chi connectivity index (χ1v) is 13.2. The third kappa shape index (κ3) is 6.12. The van der Waals surface area contributed by atoms with Gasteiger partial charge in [0.05, 0.1) is 18.7 Å². The Balaban J connectivity index is 1.30. The average Bonchev–Trinajstić information content (AvgIpc) is 3.44. The van der Waals surface area contributed by atoms with Crippen LogP contribution in [0.2, 0.25) is 0 Å². The van der Waals surface area contributed by atoms with Crippen LogP contribution < -0.4 is 10.0 Å². The summed E-state index contributed by atoms with van der Waals surface area (Å²) in [5, 5.41) is 9.17. The maximum Gasteiger partial charge on any atom is 0.271 e. The lowest BCUT2D eigenvalue weighted by atomic mass is 10.1. The van der Waals surface area contributed by atoms with Crippen LogP contribution in [0.3, 0.4) is 0 Å². The van der Waals surface area contributed by atoms with Gasteiger partial charge in [-0.05, 0) is 60.2 Å². The van der Waals surface area contributed by atoms with Crippen LogP contribution in [0.5, 0.6) is 0 Å². The predicted octanol–water partition coefficient (Wildman–Crippen LogP) is 4.27. The topological polar surface area (TPSA) is 93.1 Å². The standard InChI is InChI=1S/C25H26N4O3S2/c1-18-13-19(2)29(27-18)17-22-6-3-5-21(14-22)16-26-24(30)15-20-8-10-23(11-9-20)28-34(31,32)25-7-4-12-33-25/h3-14,28H,15-17H2,1-2H3,(H,26,30). The molecule has 2 heterocycles. The van der Waals surface area contributed by atoms with E-state index in [9.17, 15) is 13.2 Å². The SMILES string of the molecule is Cc1cc(C)n(Cc2cccc(CNC(=O)Cc3ccc(NS(=O)(=O)c4cccs4)cc3)c2)n1. The van der Waals surface area contributed by atoms with Gasteiger partial charge in [-0.1, -0.05) is 42.5 Å². The third-order valence-electron chi connectivity index (χ3n) is 5.25. The summed E-state index contributed by atoms with van der Waals surface area (Å²) in [4.78, 5) is 12.4. The number of anilines is 1. The molecule has 4 aromatic rings. The minimum Gasteiger partial charge on any atom is -0.352 e. The zero-order chi connectivity index (χ0) is 24.1. The Morgan fingerprint density at radius 3 is 2.41 bits per heavy atom. The van der Waals surface area contributed by atoms with Gasteiger partial charge < -0.3 is 5.32 Å². The Hall–Kier alpha value is -3.43. The molecular weight excluding hydrogens is 468 g/mol. The van der Waals surface area contributed by atoms with Gasteiger partial charge in [-0.15, -0.1) is 11.3 Å². The summed E-state index contributed by atoms with van der Waals surface area (Å²) in [6.45, 7) is 5.13. The number of carbonyl (C=O) groups is 1. The molecule has 0 spiro atoms. The van der Waals surface area contributed by atoms with Crippen molar-refractivity contribution in [3.05, 3.63) is 100 Å². The van der Waals surface area contributed by atoms with Crippen molar-refractivity contribution in [2.45, 2.75) is 37.6 Å². The van der Waals surface area contributed by atoms with Crippen molar-refractivity contribution in [3.8, 4) is 0 Å². The summed E-state index contributed by atoms with van der Waals surface area (Å²) in [6.07, 6.45) is 0.212. The van der Waals surface area contributed by atoms with Crippen molar-refractivity contribution < 1.29 is 13.2 Å². The van der Waals surface area contributed by atoms with Gasteiger partial charge in [-0.25, -0.2) is 8.42 Å². The summed E-state index contributed by atoms with van der Waals surface area (Å²) in [5.74, 6) is -0.101. The van der Waals surface area contributed by atoms with Crippen LogP contribution in [-0.2, 0) is 34.3 Å². The highest BCUT2D eigenvalue weighted by molar-refractivity contribution is 7.94. The van der Waals surface area contributed by atoms with E-state index in [2.05, 4.69) is 33.3 Å². The van der Waals surface area contributed by atoms with Crippen molar-refractivity contribution in [3.63, 3.8) is 0 Å². The molecule has 0 fully saturated rings. The molecule has 0 unspecified atom stereocenters. The second kappa shape index (κ2) is 10.2. The van der Waals surface area contributed by atoms with Crippen LogP contribution in [0.4, 0.5) is 5.69 Å². The second-order valence-corrected chi connectivity index (χ2v) is 10.9. The molecule has 0 aliphatic carbocycles. The Morgan fingerprint density at radius 1 is 0.971 bits per heavy atom. The maximum absolute atomic E-state index is 12.4. The number of nitrogens with one attached hydrogen (secondary N) is 2. The van der Waals surface area contributed by atoms with Crippen LogP contribution in [0.1, 0.15) is 28.1 Å². The molecule has 9 heteroatoms. The van der Waals surface area contributed by atoms with Crippen molar-refractivity contribution in [1.29, 1.82) is 0 Å². The van der Waals surface area contributed by atoms with Gasteiger partial charge in [0.15, 0.2) is 0 Å². The molecule has 0 atom stereocenters. The lowest BCUT2D eigenvalue weighted by molar-refractivity contribution is -0.120. The van der Waals surface area contributed by atoms with Gasteiger partial charge in [0.25, 0.3) is 10.0 Å². The largest absolute Gasteiger partial charge is 0.352 e. The van der Waals surface area contributed by atoms with Crippen LogP contribution in [0, 0.1) is 13.8 Å². The number of benzene rings is 2. The van der Waals surface area contributed by atoms with E-state index in [0.29, 0.717) is 18.8 Å². The summed E-state index contributed by atoms with van der Waals surface area (Å²) < 4.78 is 29.4. The Labute approximate surface area is 203 Å². The van der Waals surface area contributed by atoms with E-state index < -0.39 is 10.0 Å². The molecule has 2 aromatic heterocycles. The van der Waals surface area contributed by atoms with Gasteiger partial charge >= 0.3 is 0 Å². The minimum atomic E-state index is -3.59. The van der Waals surface area contributed by atoms with E-state index in [-0.39, 0.29) is 16.5 Å². The summed E-state index contributed by atoms with van der Waals surface area (Å²) in [6, 6.07) is 20.2. The number of sulfonamides is 1. The van der Waals surface area contributed by atoms with E-state index in [4.69, 9.17) is 0 Å². The third-order valence-corrected chi connectivity index (χ3v) is 8.03. The van der Waals surface area contributed by atoms with Crippen LogP contribution in [0.25, 0.3) is 0 Å². The normalized spacial score (nSPS) is 11.4. The van der Waals surface area contributed by atoms with Gasteiger partial charge in [0, 0.05) is 17.9 Å². The molecule has 0 radical (unpaired) electrons. The highest BCUT2D eigenvalue weighted by Gasteiger charge is 2.15. The maximum atomic E-state index is 12.4. The summed E-state index contributed by atoms with van der Waals surface area (Å²) >= 11 is 1.16. The molecule has 0 bridgehead atoms. The zero-order valence-electron chi connectivity index (χ0n) is 19.0. The molecule has 0 saturated heterocycles. The Kier molecular flexibility index (Phi) is 7.14. The van der Waals surface area contributed by atoms with Crippen LogP contribution in [0.15, 0.2) is 76.3 Å². The molecule has 4 rings (SSSR count). The lowest BCUT2D eigenvalue weighted by Gasteiger charge is -2.10. The average molecular weight is 495 g/mol. The molecule has 7 nitrogen and oxygen atoms in total. The van der Waals surface area contributed by atoms with Crippen molar-refractivity contribution >= 4 is 33.0 Å². The molecule has 0 aliphatic rings. The molecule has 2 aromatic carbocycles. The van der Waals surface area contributed by atoms with Crippen molar-refractivity contribution in [2.24, 2.45) is 0 Å². The van der Waals surface area contributed by atoms with Crippen LogP contribution in [-0.4, -0.2) is 24.1 Å². The summed E-state index contributed by atoms with van der Waals surface area (Å²) in [7, 11) is -3.59. The number of thiophene rings is 1. The first-order chi connectivity index (χ1) is 16.3. The Morgan fingerprint density at radius 2 is 1.74 bits per heavy atom.